The fourth-order valence-electron chi connectivity index (χ4n) is 2.52. The monoisotopic (exact) mass is 244 g/mol. The summed E-state index contributed by atoms with van der Waals surface area (Å²) in [6.45, 7) is 2.08. The van der Waals surface area contributed by atoms with Gasteiger partial charge in [0.2, 0.25) is 0 Å². The van der Waals surface area contributed by atoms with Crippen LogP contribution in [0.1, 0.15) is 42.0 Å². The van der Waals surface area contributed by atoms with Crippen molar-refractivity contribution in [2.45, 2.75) is 38.5 Å². The molecule has 4 nitrogen and oxygen atoms in total. The van der Waals surface area contributed by atoms with Crippen molar-refractivity contribution in [3.8, 4) is 0 Å². The number of hydrogen-bond donors (Lipinski definition) is 2. The zero-order valence-electron chi connectivity index (χ0n) is 10.4. The average molecular weight is 244 g/mol. The van der Waals surface area contributed by atoms with E-state index in [0.717, 1.165) is 16.6 Å². The summed E-state index contributed by atoms with van der Waals surface area (Å²) in [5.74, 6) is -0.119. The van der Waals surface area contributed by atoms with Gasteiger partial charge in [0, 0.05) is 17.5 Å². The minimum Gasteiger partial charge on any atom is -0.481 e. The molecule has 0 aliphatic heterocycles. The molecule has 2 N–H and O–H groups in total. The van der Waals surface area contributed by atoms with Crippen LogP contribution in [0.25, 0.3) is 10.9 Å². The number of rotatable bonds is 4. The van der Waals surface area contributed by atoms with Crippen LogP contribution in [0.5, 0.6) is 0 Å². The normalized spacial score (nSPS) is 15.2. The van der Waals surface area contributed by atoms with E-state index in [2.05, 4.69) is 29.3 Å². The lowest BCUT2D eigenvalue weighted by molar-refractivity contribution is -0.136. The van der Waals surface area contributed by atoms with Crippen molar-refractivity contribution in [3.05, 3.63) is 29.0 Å². The van der Waals surface area contributed by atoms with Gasteiger partial charge in [0.15, 0.2) is 0 Å². The molecule has 1 aliphatic carbocycles. The molecule has 3 rings (SSSR count). The lowest BCUT2D eigenvalue weighted by Crippen LogP contribution is -1.98. The van der Waals surface area contributed by atoms with E-state index >= 15 is 0 Å². The predicted molar refractivity (Wildman–Crippen MR) is 68.8 cm³/mol. The lowest BCUT2D eigenvalue weighted by Gasteiger charge is -2.05. The standard InChI is InChI=1S/C14H16N2O2/c1-8-6-10(9-2-3-9)14-11(4-5-13(17)18)15-16-12(14)7-8/h6-7,9H,2-5H2,1H3,(H,15,16)(H,17,18). The number of carboxylic acids is 1. The SMILES string of the molecule is Cc1cc(C2CC2)c2c(CCC(=O)O)[nH]nc2c1. The molecule has 1 aromatic carbocycles. The highest BCUT2D eigenvalue weighted by Gasteiger charge is 2.27. The van der Waals surface area contributed by atoms with Crippen molar-refractivity contribution < 1.29 is 9.90 Å². The van der Waals surface area contributed by atoms with Crippen LogP contribution in [0.15, 0.2) is 12.1 Å². The number of aromatic amines is 1. The summed E-state index contributed by atoms with van der Waals surface area (Å²) in [5.41, 5.74) is 4.51. The number of aliphatic carboxylic acids is 1. The largest absolute Gasteiger partial charge is 0.481 e. The van der Waals surface area contributed by atoms with Crippen LogP contribution in [-0.2, 0) is 11.2 Å². The summed E-state index contributed by atoms with van der Waals surface area (Å²) >= 11 is 0. The molecule has 18 heavy (non-hydrogen) atoms. The maximum absolute atomic E-state index is 10.7. The second kappa shape index (κ2) is 4.12. The number of hydrogen-bond acceptors (Lipinski definition) is 2. The number of benzene rings is 1. The Morgan fingerprint density at radius 3 is 2.94 bits per heavy atom. The lowest BCUT2D eigenvalue weighted by atomic mass is 9.99. The van der Waals surface area contributed by atoms with Gasteiger partial charge in [-0.25, -0.2) is 0 Å². The summed E-state index contributed by atoms with van der Waals surface area (Å²) < 4.78 is 0. The molecule has 0 saturated heterocycles. The van der Waals surface area contributed by atoms with Gasteiger partial charge in [0.1, 0.15) is 0 Å². The molecular formula is C14H16N2O2. The van der Waals surface area contributed by atoms with Crippen molar-refractivity contribution in [1.82, 2.24) is 10.2 Å². The molecule has 1 aromatic heterocycles. The van der Waals surface area contributed by atoms with Crippen LogP contribution < -0.4 is 0 Å². The molecular weight excluding hydrogens is 228 g/mol. The number of carbonyl (C=O) groups is 1. The van der Waals surface area contributed by atoms with Gasteiger partial charge in [-0.3, -0.25) is 9.89 Å². The molecule has 0 bridgehead atoms. The van der Waals surface area contributed by atoms with Gasteiger partial charge in [-0.15, -0.1) is 0 Å². The third-order valence-electron chi connectivity index (χ3n) is 3.51. The van der Waals surface area contributed by atoms with Crippen LogP contribution in [0.4, 0.5) is 0 Å². The minimum absolute atomic E-state index is 0.148. The van der Waals surface area contributed by atoms with E-state index in [1.54, 1.807) is 0 Å². The number of nitrogens with one attached hydrogen (secondary N) is 1. The molecule has 0 unspecified atom stereocenters. The maximum atomic E-state index is 10.7. The molecule has 0 atom stereocenters. The molecule has 0 spiro atoms. The van der Waals surface area contributed by atoms with E-state index in [-0.39, 0.29) is 6.42 Å². The number of fused-ring (bicyclic) bond motifs is 1. The van der Waals surface area contributed by atoms with Gasteiger partial charge in [0.05, 0.1) is 11.9 Å². The Morgan fingerprint density at radius 1 is 1.50 bits per heavy atom. The fraction of sp³-hybridized carbons (Fsp3) is 0.429. The Bertz CT molecular complexity index is 612. The van der Waals surface area contributed by atoms with Crippen LogP contribution in [0, 0.1) is 6.92 Å². The number of carboxylic acid groups (broad SMARTS) is 1. The third-order valence-corrected chi connectivity index (χ3v) is 3.51. The Balaban J connectivity index is 2.07. The van der Waals surface area contributed by atoms with E-state index in [1.165, 1.54) is 24.0 Å². The molecule has 1 heterocycles. The first-order chi connectivity index (χ1) is 8.65. The number of H-pyrrole nitrogens is 1. The van der Waals surface area contributed by atoms with Crippen LogP contribution >= 0.6 is 0 Å². The van der Waals surface area contributed by atoms with E-state index in [1.807, 2.05) is 0 Å². The van der Waals surface area contributed by atoms with Crippen LogP contribution in [-0.4, -0.2) is 21.3 Å². The molecule has 1 aliphatic rings. The predicted octanol–water partition coefficient (Wildman–Crippen LogP) is 2.77. The van der Waals surface area contributed by atoms with E-state index in [9.17, 15) is 4.79 Å². The zero-order valence-corrected chi connectivity index (χ0v) is 10.4. The van der Waals surface area contributed by atoms with Crippen molar-refractivity contribution in [2.24, 2.45) is 0 Å². The topological polar surface area (TPSA) is 66.0 Å². The average Bonchev–Trinajstić information content (AvgIpc) is 3.07. The number of aromatic nitrogens is 2. The first-order valence-corrected chi connectivity index (χ1v) is 6.34. The quantitative estimate of drug-likeness (QED) is 0.869. The molecule has 1 fully saturated rings. The van der Waals surface area contributed by atoms with Crippen molar-refractivity contribution >= 4 is 16.9 Å². The maximum Gasteiger partial charge on any atom is 0.303 e. The van der Waals surface area contributed by atoms with Crippen molar-refractivity contribution in [3.63, 3.8) is 0 Å². The molecule has 0 amide bonds. The summed E-state index contributed by atoms with van der Waals surface area (Å²) in [6.07, 6.45) is 3.15. The Morgan fingerprint density at radius 2 is 2.28 bits per heavy atom. The number of aryl methyl sites for hydroxylation is 2. The Hall–Kier alpha value is -1.84. The second-order valence-corrected chi connectivity index (χ2v) is 5.12. The molecule has 4 heteroatoms. The minimum atomic E-state index is -0.766. The van der Waals surface area contributed by atoms with Crippen molar-refractivity contribution in [2.75, 3.05) is 0 Å². The Labute approximate surface area is 105 Å². The van der Waals surface area contributed by atoms with E-state index < -0.39 is 5.97 Å². The van der Waals surface area contributed by atoms with Gasteiger partial charge < -0.3 is 5.11 Å². The smallest absolute Gasteiger partial charge is 0.303 e. The summed E-state index contributed by atoms with van der Waals surface area (Å²) in [5, 5.41) is 17.3. The van der Waals surface area contributed by atoms with Crippen LogP contribution in [0.3, 0.4) is 0 Å². The zero-order chi connectivity index (χ0) is 12.7. The van der Waals surface area contributed by atoms with Gasteiger partial charge in [0.25, 0.3) is 0 Å². The highest BCUT2D eigenvalue weighted by Crippen LogP contribution is 2.44. The van der Waals surface area contributed by atoms with E-state index in [0.29, 0.717) is 12.3 Å². The van der Waals surface area contributed by atoms with Crippen molar-refractivity contribution in [1.29, 1.82) is 0 Å². The first kappa shape index (κ1) is 11.3. The summed E-state index contributed by atoms with van der Waals surface area (Å²) in [7, 11) is 0. The summed E-state index contributed by atoms with van der Waals surface area (Å²) in [4.78, 5) is 10.7. The van der Waals surface area contributed by atoms with Gasteiger partial charge in [-0.05, 0) is 42.9 Å². The molecule has 2 aromatic rings. The first-order valence-electron chi connectivity index (χ1n) is 6.34. The third kappa shape index (κ3) is 1.98. The van der Waals surface area contributed by atoms with Gasteiger partial charge in [-0.2, -0.15) is 5.10 Å². The fourth-order valence-corrected chi connectivity index (χ4v) is 2.52. The highest BCUT2D eigenvalue weighted by atomic mass is 16.4. The van der Waals surface area contributed by atoms with Crippen LogP contribution in [0.2, 0.25) is 0 Å². The molecule has 1 saturated carbocycles. The van der Waals surface area contributed by atoms with Gasteiger partial charge in [-0.1, -0.05) is 6.07 Å². The number of nitrogens with zero attached hydrogens (tertiary/aromatic N) is 1. The second-order valence-electron chi connectivity index (χ2n) is 5.12. The molecule has 0 radical (unpaired) electrons. The highest BCUT2D eigenvalue weighted by molar-refractivity contribution is 5.87. The Kier molecular flexibility index (Phi) is 2.58. The summed E-state index contributed by atoms with van der Waals surface area (Å²) in [6, 6.07) is 4.28. The van der Waals surface area contributed by atoms with E-state index in [4.69, 9.17) is 5.11 Å². The molecule has 94 valence electrons. The van der Waals surface area contributed by atoms with Gasteiger partial charge >= 0.3 is 5.97 Å².